The monoisotopic (exact) mass is 318 g/mol. The molecule has 0 N–H and O–H groups in total. The summed E-state index contributed by atoms with van der Waals surface area (Å²) in [4.78, 5) is 34.8. The van der Waals surface area contributed by atoms with Gasteiger partial charge in [-0.25, -0.2) is 9.97 Å². The van der Waals surface area contributed by atoms with Crippen molar-refractivity contribution in [1.29, 1.82) is 0 Å². The van der Waals surface area contributed by atoms with E-state index in [0.29, 0.717) is 33.5 Å². The predicted molar refractivity (Wildman–Crippen MR) is 92.3 cm³/mol. The Morgan fingerprint density at radius 2 is 1.04 bits per heavy atom. The van der Waals surface area contributed by atoms with Gasteiger partial charge in [0.1, 0.15) is 11.6 Å². The first-order valence-corrected chi connectivity index (χ1v) is 7.55. The zero-order valence-corrected chi connectivity index (χ0v) is 13.2. The van der Waals surface area contributed by atoms with E-state index in [1.807, 2.05) is 12.1 Å². The third-order valence-electron chi connectivity index (χ3n) is 4.03. The number of hydrogen-bond acceptors (Lipinski definition) is 4. The highest BCUT2D eigenvalue weighted by Gasteiger charge is 2.15. The normalized spacial score (nSPS) is 11.2. The molecule has 0 atom stereocenters. The SMILES string of the molecule is Cc1nc2ccccc2c(=O)n1-n1c(C)nc2ccccc2c1=O. The summed E-state index contributed by atoms with van der Waals surface area (Å²) >= 11 is 0. The molecule has 0 spiro atoms. The van der Waals surface area contributed by atoms with Crippen LogP contribution in [0.25, 0.3) is 21.8 Å². The fraction of sp³-hybridized carbons (Fsp3) is 0.111. The molecule has 0 unspecified atom stereocenters. The zero-order chi connectivity index (χ0) is 16.8. The molecule has 6 heteroatoms. The average Bonchev–Trinajstić information content (AvgIpc) is 2.57. The van der Waals surface area contributed by atoms with Crippen molar-refractivity contribution in [2.24, 2.45) is 0 Å². The lowest BCUT2D eigenvalue weighted by molar-refractivity contribution is 0.553. The first-order valence-electron chi connectivity index (χ1n) is 7.55. The summed E-state index contributed by atoms with van der Waals surface area (Å²) in [6.45, 7) is 3.41. The van der Waals surface area contributed by atoms with Gasteiger partial charge in [0, 0.05) is 0 Å². The molecule has 0 radical (unpaired) electrons. The van der Waals surface area contributed by atoms with Crippen LogP contribution in [-0.4, -0.2) is 19.3 Å². The summed E-state index contributed by atoms with van der Waals surface area (Å²) < 4.78 is 2.58. The first-order chi connectivity index (χ1) is 11.6. The van der Waals surface area contributed by atoms with E-state index in [-0.39, 0.29) is 11.1 Å². The van der Waals surface area contributed by atoms with Gasteiger partial charge < -0.3 is 0 Å². The highest BCUT2D eigenvalue weighted by atomic mass is 16.2. The lowest BCUT2D eigenvalue weighted by Crippen LogP contribution is -2.38. The summed E-state index contributed by atoms with van der Waals surface area (Å²) in [5.74, 6) is 0.863. The Hall–Kier alpha value is -3.28. The molecule has 0 fully saturated rings. The number of para-hydroxylation sites is 2. The van der Waals surface area contributed by atoms with E-state index >= 15 is 0 Å². The van der Waals surface area contributed by atoms with Crippen molar-refractivity contribution in [2.75, 3.05) is 0 Å². The molecule has 0 aliphatic carbocycles. The van der Waals surface area contributed by atoms with Gasteiger partial charge in [-0.05, 0) is 38.1 Å². The number of benzene rings is 2. The van der Waals surface area contributed by atoms with Crippen LogP contribution >= 0.6 is 0 Å². The summed E-state index contributed by atoms with van der Waals surface area (Å²) in [6.07, 6.45) is 0. The first kappa shape index (κ1) is 14.3. The van der Waals surface area contributed by atoms with Crippen molar-refractivity contribution in [3.05, 3.63) is 80.9 Å². The van der Waals surface area contributed by atoms with Crippen LogP contribution in [0.15, 0.2) is 58.1 Å². The lowest BCUT2D eigenvalue weighted by Gasteiger charge is -2.15. The standard InChI is InChI=1S/C18H14N4O2/c1-11-19-15-9-5-3-7-13(15)17(23)21(11)22-12(2)20-16-10-6-4-8-14(16)18(22)24/h3-10H,1-2H3. The van der Waals surface area contributed by atoms with E-state index < -0.39 is 0 Å². The molecule has 0 aliphatic heterocycles. The topological polar surface area (TPSA) is 69.8 Å². The van der Waals surface area contributed by atoms with Gasteiger partial charge >= 0.3 is 0 Å². The quantitative estimate of drug-likeness (QED) is 0.538. The van der Waals surface area contributed by atoms with Crippen molar-refractivity contribution < 1.29 is 0 Å². The molecule has 2 aromatic carbocycles. The third kappa shape index (κ3) is 1.96. The molecule has 6 nitrogen and oxygen atoms in total. The van der Waals surface area contributed by atoms with E-state index in [4.69, 9.17) is 0 Å². The van der Waals surface area contributed by atoms with Crippen LogP contribution in [-0.2, 0) is 0 Å². The Bertz CT molecular complexity index is 1120. The molecule has 118 valence electrons. The van der Waals surface area contributed by atoms with Gasteiger partial charge in [0.05, 0.1) is 21.8 Å². The molecule has 0 saturated carbocycles. The van der Waals surface area contributed by atoms with E-state index in [1.165, 1.54) is 9.35 Å². The van der Waals surface area contributed by atoms with Crippen LogP contribution in [0.1, 0.15) is 11.6 Å². The Kier molecular flexibility index (Phi) is 3.06. The van der Waals surface area contributed by atoms with Crippen molar-refractivity contribution in [2.45, 2.75) is 13.8 Å². The van der Waals surface area contributed by atoms with Crippen LogP contribution < -0.4 is 11.1 Å². The van der Waals surface area contributed by atoms with E-state index in [9.17, 15) is 9.59 Å². The van der Waals surface area contributed by atoms with Gasteiger partial charge in [0.15, 0.2) is 0 Å². The van der Waals surface area contributed by atoms with Gasteiger partial charge in [-0.3, -0.25) is 9.59 Å². The van der Waals surface area contributed by atoms with E-state index in [1.54, 1.807) is 50.2 Å². The Morgan fingerprint density at radius 3 is 1.46 bits per heavy atom. The Morgan fingerprint density at radius 1 is 0.667 bits per heavy atom. The Balaban J connectivity index is 2.18. The summed E-state index contributed by atoms with van der Waals surface area (Å²) in [5.41, 5.74) is 0.632. The minimum absolute atomic E-state index is 0.291. The summed E-state index contributed by atoms with van der Waals surface area (Å²) in [5, 5.41) is 0.921. The Labute approximate surface area is 136 Å². The molecule has 4 rings (SSSR count). The highest BCUT2D eigenvalue weighted by Crippen LogP contribution is 2.10. The number of fused-ring (bicyclic) bond motifs is 2. The number of hydrogen-bond donors (Lipinski definition) is 0. The molecular weight excluding hydrogens is 304 g/mol. The maximum atomic E-state index is 12.9. The third-order valence-corrected chi connectivity index (χ3v) is 4.03. The molecule has 24 heavy (non-hydrogen) atoms. The summed E-state index contributed by atoms with van der Waals surface area (Å²) in [6, 6.07) is 14.2. The molecule has 4 aromatic rings. The van der Waals surface area contributed by atoms with E-state index in [0.717, 1.165) is 0 Å². The number of nitrogens with zero attached hydrogens (tertiary/aromatic N) is 4. The van der Waals surface area contributed by atoms with Crippen LogP contribution in [0, 0.1) is 13.8 Å². The van der Waals surface area contributed by atoms with Crippen molar-refractivity contribution >= 4 is 21.8 Å². The van der Waals surface area contributed by atoms with Crippen molar-refractivity contribution in [3.8, 4) is 0 Å². The minimum atomic E-state index is -0.291. The maximum absolute atomic E-state index is 12.9. The molecule has 0 saturated heterocycles. The fourth-order valence-corrected chi connectivity index (χ4v) is 2.94. The smallest absolute Gasteiger partial charge is 0.267 e. The highest BCUT2D eigenvalue weighted by molar-refractivity contribution is 5.78. The van der Waals surface area contributed by atoms with E-state index in [2.05, 4.69) is 9.97 Å². The largest absolute Gasteiger partial charge is 0.280 e. The second kappa shape index (κ2) is 5.13. The van der Waals surface area contributed by atoms with Gasteiger partial charge in [-0.15, -0.1) is 0 Å². The molecular formula is C18H14N4O2. The van der Waals surface area contributed by atoms with Crippen LogP contribution in [0.4, 0.5) is 0 Å². The molecule has 0 amide bonds. The average molecular weight is 318 g/mol. The molecule has 2 heterocycles. The predicted octanol–water partition coefficient (Wildman–Crippen LogP) is 2.03. The second-order valence-corrected chi connectivity index (χ2v) is 5.59. The van der Waals surface area contributed by atoms with Gasteiger partial charge in [-0.2, -0.15) is 9.35 Å². The maximum Gasteiger partial charge on any atom is 0.280 e. The molecule has 2 aromatic heterocycles. The van der Waals surface area contributed by atoms with Crippen molar-refractivity contribution in [1.82, 2.24) is 19.3 Å². The number of aryl methyl sites for hydroxylation is 2. The van der Waals surface area contributed by atoms with Crippen LogP contribution in [0.2, 0.25) is 0 Å². The minimum Gasteiger partial charge on any atom is -0.267 e. The van der Waals surface area contributed by atoms with Gasteiger partial charge in [0.2, 0.25) is 0 Å². The summed E-state index contributed by atoms with van der Waals surface area (Å²) in [7, 11) is 0. The molecule has 0 aliphatic rings. The lowest BCUT2D eigenvalue weighted by atomic mass is 10.2. The van der Waals surface area contributed by atoms with Crippen molar-refractivity contribution in [3.63, 3.8) is 0 Å². The second-order valence-electron chi connectivity index (χ2n) is 5.59. The van der Waals surface area contributed by atoms with Crippen LogP contribution in [0.5, 0.6) is 0 Å². The number of aromatic nitrogens is 4. The zero-order valence-electron chi connectivity index (χ0n) is 13.2. The number of rotatable bonds is 1. The van der Waals surface area contributed by atoms with Crippen LogP contribution in [0.3, 0.4) is 0 Å². The fourth-order valence-electron chi connectivity index (χ4n) is 2.94. The van der Waals surface area contributed by atoms with Gasteiger partial charge in [0.25, 0.3) is 11.1 Å². The molecule has 0 bridgehead atoms. The van der Waals surface area contributed by atoms with Gasteiger partial charge in [-0.1, -0.05) is 24.3 Å².